The zero-order chi connectivity index (χ0) is 22.1. The van der Waals surface area contributed by atoms with Crippen LogP contribution >= 0.6 is 0 Å². The molecule has 0 spiro atoms. The van der Waals surface area contributed by atoms with Gasteiger partial charge in [0.05, 0.1) is 11.7 Å². The number of amides is 1. The number of benzene rings is 1. The average molecular weight is 437 g/mol. The van der Waals surface area contributed by atoms with Crippen LogP contribution in [0, 0.1) is 19.8 Å². The van der Waals surface area contributed by atoms with Gasteiger partial charge in [-0.25, -0.2) is 0 Å². The van der Waals surface area contributed by atoms with Crippen LogP contribution in [-0.2, 0) is 17.6 Å². The average Bonchev–Trinajstić information content (AvgIpc) is 3.53. The number of furan rings is 1. The fourth-order valence-electron chi connectivity index (χ4n) is 5.89. The zero-order valence-electron chi connectivity index (χ0n) is 19.5. The van der Waals surface area contributed by atoms with Crippen LogP contribution in [0.2, 0.25) is 0 Å². The van der Waals surface area contributed by atoms with E-state index >= 15 is 0 Å². The number of ether oxygens (including phenoxy) is 1. The van der Waals surface area contributed by atoms with Crippen LogP contribution in [-0.4, -0.2) is 60.6 Å². The largest absolute Gasteiger partial charge is 0.466 e. The van der Waals surface area contributed by atoms with Gasteiger partial charge < -0.3 is 14.1 Å². The van der Waals surface area contributed by atoms with Crippen molar-refractivity contribution in [2.75, 3.05) is 32.8 Å². The summed E-state index contributed by atoms with van der Waals surface area (Å²) < 4.78 is 11.5. The van der Waals surface area contributed by atoms with E-state index in [0.717, 1.165) is 63.4 Å². The molecule has 1 aromatic carbocycles. The lowest BCUT2D eigenvalue weighted by Crippen LogP contribution is -2.46. The minimum Gasteiger partial charge on any atom is -0.466 e. The van der Waals surface area contributed by atoms with Crippen molar-refractivity contribution in [2.45, 2.75) is 64.5 Å². The molecule has 2 fully saturated rings. The number of rotatable bonds is 6. The molecule has 5 nitrogen and oxygen atoms in total. The number of aryl methyl sites for hydroxylation is 2. The number of hydrogen-bond donors (Lipinski definition) is 0. The predicted octanol–water partition coefficient (Wildman–Crippen LogP) is 4.40. The second-order valence-corrected chi connectivity index (χ2v) is 9.98. The first-order valence-corrected chi connectivity index (χ1v) is 12.4. The summed E-state index contributed by atoms with van der Waals surface area (Å²) in [4.78, 5) is 18.2. The molecule has 3 aliphatic rings. The molecule has 0 N–H and O–H groups in total. The Labute approximate surface area is 191 Å². The molecular formula is C27H36N2O3. The number of hydrogen-bond acceptors (Lipinski definition) is 4. The maximum absolute atomic E-state index is 13.4. The van der Waals surface area contributed by atoms with E-state index in [0.29, 0.717) is 24.1 Å². The van der Waals surface area contributed by atoms with Crippen molar-refractivity contribution in [3.05, 3.63) is 58.5 Å². The maximum Gasteiger partial charge on any atom is 0.257 e. The van der Waals surface area contributed by atoms with Gasteiger partial charge in [0.2, 0.25) is 0 Å². The van der Waals surface area contributed by atoms with Crippen molar-refractivity contribution in [1.29, 1.82) is 0 Å². The Bertz CT molecular complexity index is 913. The molecule has 172 valence electrons. The van der Waals surface area contributed by atoms with E-state index < -0.39 is 0 Å². The van der Waals surface area contributed by atoms with Crippen LogP contribution in [0.5, 0.6) is 0 Å². The fraction of sp³-hybridized carbons (Fsp3) is 0.593. The van der Waals surface area contributed by atoms with Gasteiger partial charge in [-0.05, 0) is 88.6 Å². The minimum absolute atomic E-state index is 0.100. The van der Waals surface area contributed by atoms with E-state index in [1.54, 1.807) is 0 Å². The summed E-state index contributed by atoms with van der Waals surface area (Å²) in [7, 11) is 0. The molecule has 0 saturated carbocycles. The third kappa shape index (κ3) is 4.65. The predicted molar refractivity (Wildman–Crippen MR) is 125 cm³/mol. The lowest BCUT2D eigenvalue weighted by molar-refractivity contribution is 0.0428. The van der Waals surface area contributed by atoms with Gasteiger partial charge in [-0.1, -0.05) is 24.3 Å². The summed E-state index contributed by atoms with van der Waals surface area (Å²) in [6, 6.07) is 11.4. The monoisotopic (exact) mass is 436 g/mol. The van der Waals surface area contributed by atoms with Crippen molar-refractivity contribution in [2.24, 2.45) is 5.92 Å². The molecule has 1 atom stereocenters. The Kier molecular flexibility index (Phi) is 6.38. The van der Waals surface area contributed by atoms with Gasteiger partial charge in [0.1, 0.15) is 11.5 Å². The number of carbonyl (C=O) groups excluding carboxylic acids is 1. The summed E-state index contributed by atoms with van der Waals surface area (Å²) in [6.45, 7) is 8.40. The van der Waals surface area contributed by atoms with Crippen LogP contribution in [0.1, 0.15) is 58.7 Å². The second kappa shape index (κ2) is 9.40. The van der Waals surface area contributed by atoms with Crippen LogP contribution in [0.4, 0.5) is 0 Å². The number of likely N-dealkylation sites (tertiary alicyclic amines) is 1. The van der Waals surface area contributed by atoms with Gasteiger partial charge in [0.15, 0.2) is 0 Å². The molecule has 1 amide bonds. The summed E-state index contributed by atoms with van der Waals surface area (Å²) >= 11 is 0. The molecule has 2 aromatic rings. The highest BCUT2D eigenvalue weighted by atomic mass is 16.5. The standard InChI is InChI=1S/C27H36N2O3/c1-19-14-26(20(2)32-19)27(30)29(18-25-8-5-13-31-25)17-21-9-11-28(12-10-21)24-15-22-6-3-4-7-23(22)16-24/h3-4,6-7,14,21,24-25H,5,8-13,15-18H2,1-2H3. The molecule has 1 aliphatic carbocycles. The quantitative estimate of drug-likeness (QED) is 0.674. The van der Waals surface area contributed by atoms with E-state index in [1.165, 1.54) is 24.0 Å². The fourth-order valence-corrected chi connectivity index (χ4v) is 5.89. The third-order valence-corrected chi connectivity index (χ3v) is 7.68. The molecule has 0 radical (unpaired) electrons. The lowest BCUT2D eigenvalue weighted by atomic mass is 9.94. The first-order chi connectivity index (χ1) is 15.6. The molecule has 3 heterocycles. The highest BCUT2D eigenvalue weighted by Crippen LogP contribution is 2.29. The summed E-state index contributed by atoms with van der Waals surface area (Å²) in [5, 5.41) is 0. The number of piperidine rings is 1. The molecule has 32 heavy (non-hydrogen) atoms. The topological polar surface area (TPSA) is 45.9 Å². The molecule has 5 heteroatoms. The Morgan fingerprint density at radius 3 is 2.38 bits per heavy atom. The smallest absolute Gasteiger partial charge is 0.257 e. The molecule has 0 bridgehead atoms. The van der Waals surface area contributed by atoms with Crippen molar-refractivity contribution in [3.8, 4) is 0 Å². The van der Waals surface area contributed by atoms with Crippen LogP contribution in [0.15, 0.2) is 34.7 Å². The van der Waals surface area contributed by atoms with Crippen molar-refractivity contribution >= 4 is 5.91 Å². The first-order valence-electron chi connectivity index (χ1n) is 12.4. The Morgan fingerprint density at radius 1 is 1.06 bits per heavy atom. The molecule has 2 saturated heterocycles. The molecule has 1 aromatic heterocycles. The van der Waals surface area contributed by atoms with Crippen LogP contribution in [0.3, 0.4) is 0 Å². The maximum atomic E-state index is 13.4. The normalized spacial score (nSPS) is 22.4. The number of fused-ring (bicyclic) bond motifs is 1. The minimum atomic E-state index is 0.100. The van der Waals surface area contributed by atoms with Gasteiger partial charge >= 0.3 is 0 Å². The van der Waals surface area contributed by atoms with E-state index in [2.05, 4.69) is 34.1 Å². The van der Waals surface area contributed by atoms with E-state index in [9.17, 15) is 4.79 Å². The second-order valence-electron chi connectivity index (χ2n) is 9.98. The Balaban J connectivity index is 1.20. The third-order valence-electron chi connectivity index (χ3n) is 7.68. The van der Waals surface area contributed by atoms with Crippen molar-refractivity contribution < 1.29 is 13.9 Å². The number of carbonyl (C=O) groups is 1. The summed E-state index contributed by atoms with van der Waals surface area (Å²) in [6.07, 6.45) is 7.00. The molecule has 1 unspecified atom stereocenters. The van der Waals surface area contributed by atoms with Crippen molar-refractivity contribution in [1.82, 2.24) is 9.80 Å². The van der Waals surface area contributed by atoms with Crippen LogP contribution < -0.4 is 0 Å². The van der Waals surface area contributed by atoms with Crippen LogP contribution in [0.25, 0.3) is 0 Å². The van der Waals surface area contributed by atoms with E-state index in [4.69, 9.17) is 9.15 Å². The first kappa shape index (κ1) is 21.7. The summed E-state index contributed by atoms with van der Waals surface area (Å²) in [5.74, 6) is 2.17. The van der Waals surface area contributed by atoms with Crippen molar-refractivity contribution in [3.63, 3.8) is 0 Å². The summed E-state index contributed by atoms with van der Waals surface area (Å²) in [5.41, 5.74) is 3.76. The molecular weight excluding hydrogens is 400 g/mol. The zero-order valence-corrected chi connectivity index (χ0v) is 19.5. The Hall–Kier alpha value is -2.11. The van der Waals surface area contributed by atoms with Gasteiger partial charge in [0.25, 0.3) is 5.91 Å². The number of nitrogens with zero attached hydrogens (tertiary/aromatic N) is 2. The van der Waals surface area contributed by atoms with Gasteiger partial charge in [0, 0.05) is 25.7 Å². The highest BCUT2D eigenvalue weighted by Gasteiger charge is 2.32. The highest BCUT2D eigenvalue weighted by molar-refractivity contribution is 5.95. The van der Waals surface area contributed by atoms with Gasteiger partial charge in [-0.3, -0.25) is 9.69 Å². The van der Waals surface area contributed by atoms with E-state index in [-0.39, 0.29) is 12.0 Å². The Morgan fingerprint density at radius 2 is 1.78 bits per heavy atom. The van der Waals surface area contributed by atoms with Gasteiger partial charge in [-0.15, -0.1) is 0 Å². The lowest BCUT2D eigenvalue weighted by Gasteiger charge is -2.38. The molecule has 5 rings (SSSR count). The van der Waals surface area contributed by atoms with E-state index in [1.807, 2.05) is 19.9 Å². The SMILES string of the molecule is Cc1cc(C(=O)N(CC2CCN(C3Cc4ccccc4C3)CC2)CC2CCCO2)c(C)o1. The van der Waals surface area contributed by atoms with Gasteiger partial charge in [-0.2, -0.15) is 0 Å². The molecule has 2 aliphatic heterocycles.